The van der Waals surface area contributed by atoms with Crippen LogP contribution in [0.15, 0.2) is 58.7 Å². The number of ether oxygens (including phenoxy) is 1. The molecular weight excluding hydrogens is 371 g/mol. The minimum Gasteiger partial charge on any atom is -0.448 e. The van der Waals surface area contributed by atoms with Crippen LogP contribution in [0.2, 0.25) is 0 Å². The predicted octanol–water partition coefficient (Wildman–Crippen LogP) is 4.04. The molecule has 0 fully saturated rings. The van der Waals surface area contributed by atoms with Crippen LogP contribution in [-0.2, 0) is 4.74 Å². The highest BCUT2D eigenvalue weighted by molar-refractivity contribution is 7.13. The second-order valence-electron chi connectivity index (χ2n) is 5.60. The number of benzene rings is 1. The summed E-state index contributed by atoms with van der Waals surface area (Å²) in [6.07, 6.45) is 2.09. The van der Waals surface area contributed by atoms with E-state index in [-0.39, 0.29) is 17.4 Å². The fourth-order valence-corrected chi connectivity index (χ4v) is 3.07. The molecule has 27 heavy (non-hydrogen) atoms. The van der Waals surface area contributed by atoms with E-state index in [9.17, 15) is 9.18 Å². The molecular formula is C18H13FN4O3S. The number of halogens is 1. The molecule has 0 amide bonds. The van der Waals surface area contributed by atoms with Gasteiger partial charge in [-0.25, -0.2) is 14.2 Å². The third-order valence-electron chi connectivity index (χ3n) is 3.76. The highest BCUT2D eigenvalue weighted by Gasteiger charge is 2.22. The Balaban J connectivity index is 1.51. The quantitative estimate of drug-likeness (QED) is 0.483. The van der Waals surface area contributed by atoms with E-state index in [1.54, 1.807) is 19.1 Å². The molecule has 0 N–H and O–H groups in total. The molecule has 3 heterocycles. The van der Waals surface area contributed by atoms with E-state index in [4.69, 9.17) is 9.15 Å². The number of hydrogen-bond acceptors (Lipinski definition) is 7. The van der Waals surface area contributed by atoms with Gasteiger partial charge in [-0.05, 0) is 42.6 Å². The van der Waals surface area contributed by atoms with Gasteiger partial charge in [0.05, 0.1) is 17.4 Å². The van der Waals surface area contributed by atoms with Gasteiger partial charge in [0, 0.05) is 5.69 Å². The Kier molecular flexibility index (Phi) is 4.51. The van der Waals surface area contributed by atoms with Gasteiger partial charge < -0.3 is 9.15 Å². The minimum absolute atomic E-state index is 0.194. The van der Waals surface area contributed by atoms with Gasteiger partial charge in [-0.3, -0.25) is 4.57 Å². The standard InChI is InChI=1S/C18H13FN4O3S/c1-11(16-21-22-17(26-16)15-3-2-8-27-15)25-18(24)14-9-20-10-23(14)13-6-4-12(19)5-7-13/h2-11H,1H3. The van der Waals surface area contributed by atoms with E-state index in [0.717, 1.165) is 4.88 Å². The highest BCUT2D eigenvalue weighted by atomic mass is 32.1. The molecule has 7 nitrogen and oxygen atoms in total. The lowest BCUT2D eigenvalue weighted by Gasteiger charge is -2.11. The molecule has 1 atom stereocenters. The number of aromatic nitrogens is 4. The first kappa shape index (κ1) is 17.1. The van der Waals surface area contributed by atoms with Crippen molar-refractivity contribution in [2.75, 3.05) is 0 Å². The monoisotopic (exact) mass is 384 g/mol. The van der Waals surface area contributed by atoms with Crippen molar-refractivity contribution < 1.29 is 18.3 Å². The lowest BCUT2D eigenvalue weighted by atomic mass is 10.3. The Morgan fingerprint density at radius 2 is 2.07 bits per heavy atom. The lowest BCUT2D eigenvalue weighted by Crippen LogP contribution is -2.13. The van der Waals surface area contributed by atoms with Crippen LogP contribution in [0.3, 0.4) is 0 Å². The van der Waals surface area contributed by atoms with Gasteiger partial charge in [-0.1, -0.05) is 6.07 Å². The molecule has 1 aromatic carbocycles. The van der Waals surface area contributed by atoms with Gasteiger partial charge in [0.25, 0.3) is 11.8 Å². The molecule has 4 aromatic rings. The predicted molar refractivity (Wildman–Crippen MR) is 95.0 cm³/mol. The maximum absolute atomic E-state index is 13.1. The summed E-state index contributed by atoms with van der Waals surface area (Å²) in [4.78, 5) is 17.4. The van der Waals surface area contributed by atoms with Crippen LogP contribution in [0, 0.1) is 5.82 Å². The first-order chi connectivity index (χ1) is 13.1. The molecule has 0 aliphatic carbocycles. The number of carbonyl (C=O) groups is 1. The van der Waals surface area contributed by atoms with E-state index in [2.05, 4.69) is 15.2 Å². The van der Waals surface area contributed by atoms with Crippen molar-refractivity contribution >= 4 is 17.3 Å². The average molecular weight is 384 g/mol. The van der Waals surface area contributed by atoms with Gasteiger partial charge in [0.15, 0.2) is 11.8 Å². The number of carbonyl (C=O) groups excluding carboxylic acids is 1. The molecule has 0 saturated carbocycles. The second-order valence-corrected chi connectivity index (χ2v) is 6.54. The van der Waals surface area contributed by atoms with E-state index >= 15 is 0 Å². The van der Waals surface area contributed by atoms with Gasteiger partial charge >= 0.3 is 5.97 Å². The van der Waals surface area contributed by atoms with E-state index in [1.165, 1.54) is 40.6 Å². The summed E-state index contributed by atoms with van der Waals surface area (Å²) in [5, 5.41) is 9.82. The second kappa shape index (κ2) is 7.12. The summed E-state index contributed by atoms with van der Waals surface area (Å²) in [5.41, 5.74) is 0.790. The lowest BCUT2D eigenvalue weighted by molar-refractivity contribution is 0.0270. The molecule has 3 aromatic heterocycles. The van der Waals surface area contributed by atoms with Gasteiger partial charge in [-0.15, -0.1) is 21.5 Å². The smallest absolute Gasteiger partial charge is 0.357 e. The fourth-order valence-electron chi connectivity index (χ4n) is 2.42. The largest absolute Gasteiger partial charge is 0.448 e. The van der Waals surface area contributed by atoms with Crippen molar-refractivity contribution in [1.29, 1.82) is 0 Å². The van der Waals surface area contributed by atoms with Crippen LogP contribution in [0.4, 0.5) is 4.39 Å². The molecule has 4 rings (SSSR count). The van der Waals surface area contributed by atoms with Gasteiger partial charge in [0.1, 0.15) is 5.82 Å². The Morgan fingerprint density at radius 3 is 2.81 bits per heavy atom. The zero-order valence-corrected chi connectivity index (χ0v) is 14.9. The first-order valence-electron chi connectivity index (χ1n) is 7.98. The Hall–Kier alpha value is -3.33. The maximum Gasteiger partial charge on any atom is 0.357 e. The number of thiophene rings is 1. The summed E-state index contributed by atoms with van der Waals surface area (Å²) in [6.45, 7) is 1.64. The van der Waals surface area contributed by atoms with Crippen molar-refractivity contribution in [2.24, 2.45) is 0 Å². The van der Waals surface area contributed by atoms with Crippen molar-refractivity contribution in [3.05, 3.63) is 71.7 Å². The third-order valence-corrected chi connectivity index (χ3v) is 4.61. The zero-order valence-electron chi connectivity index (χ0n) is 14.1. The first-order valence-corrected chi connectivity index (χ1v) is 8.86. The molecule has 0 aliphatic heterocycles. The maximum atomic E-state index is 13.1. The van der Waals surface area contributed by atoms with E-state index < -0.39 is 12.1 Å². The van der Waals surface area contributed by atoms with Crippen LogP contribution in [-0.4, -0.2) is 25.7 Å². The Bertz CT molecular complexity index is 1060. The normalized spacial score (nSPS) is 12.1. The highest BCUT2D eigenvalue weighted by Crippen LogP contribution is 2.26. The third kappa shape index (κ3) is 3.49. The van der Waals surface area contributed by atoms with Crippen LogP contribution in [0.25, 0.3) is 16.5 Å². The summed E-state index contributed by atoms with van der Waals surface area (Å²) >= 11 is 1.47. The van der Waals surface area contributed by atoms with Gasteiger partial charge in [0.2, 0.25) is 0 Å². The van der Waals surface area contributed by atoms with Crippen LogP contribution < -0.4 is 0 Å². The molecule has 0 bridgehead atoms. The van der Waals surface area contributed by atoms with Crippen molar-refractivity contribution in [2.45, 2.75) is 13.0 Å². The summed E-state index contributed by atoms with van der Waals surface area (Å²) in [5.74, 6) is -0.409. The number of nitrogens with zero attached hydrogens (tertiary/aromatic N) is 4. The van der Waals surface area contributed by atoms with Crippen molar-refractivity contribution in [3.63, 3.8) is 0 Å². The fraction of sp³-hybridized carbons (Fsp3) is 0.111. The van der Waals surface area contributed by atoms with E-state index in [1.807, 2.05) is 17.5 Å². The average Bonchev–Trinajstić information content (AvgIpc) is 3.41. The number of rotatable bonds is 5. The number of hydrogen-bond donors (Lipinski definition) is 0. The Labute approximate surface area is 157 Å². The molecule has 136 valence electrons. The van der Waals surface area contributed by atoms with Crippen molar-refractivity contribution in [1.82, 2.24) is 19.7 Å². The number of esters is 1. The molecule has 0 saturated heterocycles. The molecule has 0 radical (unpaired) electrons. The van der Waals surface area contributed by atoms with E-state index in [0.29, 0.717) is 11.6 Å². The summed E-state index contributed by atoms with van der Waals surface area (Å²) in [7, 11) is 0. The number of imidazole rings is 1. The summed E-state index contributed by atoms with van der Waals surface area (Å²) < 4.78 is 25.6. The Morgan fingerprint density at radius 1 is 1.26 bits per heavy atom. The van der Waals surface area contributed by atoms with Crippen LogP contribution >= 0.6 is 11.3 Å². The molecule has 1 unspecified atom stereocenters. The van der Waals surface area contributed by atoms with Crippen molar-refractivity contribution in [3.8, 4) is 16.5 Å². The molecule has 9 heteroatoms. The SMILES string of the molecule is CC(OC(=O)c1cncn1-c1ccc(F)cc1)c1nnc(-c2cccs2)o1. The molecule has 0 spiro atoms. The molecule has 0 aliphatic rings. The van der Waals surface area contributed by atoms with Crippen LogP contribution in [0.1, 0.15) is 29.4 Å². The summed E-state index contributed by atoms with van der Waals surface area (Å²) in [6, 6.07) is 9.43. The van der Waals surface area contributed by atoms with Gasteiger partial charge in [-0.2, -0.15) is 0 Å². The minimum atomic E-state index is -0.740. The topological polar surface area (TPSA) is 83.0 Å². The van der Waals surface area contributed by atoms with Crippen LogP contribution in [0.5, 0.6) is 0 Å². The zero-order chi connectivity index (χ0) is 18.8.